The highest BCUT2D eigenvalue weighted by atomic mass is 16.5. The number of nitrogens with one attached hydrogen (secondary N) is 1. The van der Waals surface area contributed by atoms with Crippen LogP contribution in [0.1, 0.15) is 26.3 Å². The van der Waals surface area contributed by atoms with Crippen molar-refractivity contribution in [3.63, 3.8) is 0 Å². The summed E-state index contributed by atoms with van der Waals surface area (Å²) in [5.74, 6) is -1.10. The number of carboxylic acids is 1. The van der Waals surface area contributed by atoms with E-state index in [4.69, 9.17) is 9.84 Å². The van der Waals surface area contributed by atoms with E-state index in [9.17, 15) is 9.59 Å². The standard InChI is InChI=1S/C15H21NO4/c1-9(2)13(15(18)19)16-14(17)11(4)20-12-7-5-10(3)6-8-12/h5-9,11,13H,1-4H3,(H,16,17)(H,18,19)/t11?,13-/m0/s1. The maximum atomic E-state index is 11.9. The normalized spacial score (nSPS) is 13.7. The maximum Gasteiger partial charge on any atom is 0.326 e. The quantitative estimate of drug-likeness (QED) is 0.835. The van der Waals surface area contributed by atoms with Gasteiger partial charge >= 0.3 is 5.97 Å². The average molecular weight is 279 g/mol. The van der Waals surface area contributed by atoms with E-state index in [0.717, 1.165) is 5.56 Å². The van der Waals surface area contributed by atoms with Gasteiger partial charge in [0.2, 0.25) is 0 Å². The summed E-state index contributed by atoms with van der Waals surface area (Å²) in [6, 6.07) is 6.40. The fraction of sp³-hybridized carbons (Fsp3) is 0.467. The molecule has 1 amide bonds. The van der Waals surface area contributed by atoms with Crippen molar-refractivity contribution >= 4 is 11.9 Å². The highest BCUT2D eigenvalue weighted by Crippen LogP contribution is 2.13. The number of ether oxygens (including phenoxy) is 1. The summed E-state index contributed by atoms with van der Waals surface area (Å²) < 4.78 is 5.49. The molecule has 0 fully saturated rings. The number of carbonyl (C=O) groups is 2. The molecule has 0 aromatic heterocycles. The predicted octanol–water partition coefficient (Wildman–Crippen LogP) is 1.99. The van der Waals surface area contributed by atoms with Gasteiger partial charge in [-0.05, 0) is 31.9 Å². The van der Waals surface area contributed by atoms with Crippen LogP contribution in [0.5, 0.6) is 5.75 Å². The summed E-state index contributed by atoms with van der Waals surface area (Å²) in [6.45, 7) is 7.03. The molecule has 0 aliphatic heterocycles. The van der Waals surface area contributed by atoms with Crippen molar-refractivity contribution in [2.24, 2.45) is 5.92 Å². The molecule has 1 aromatic carbocycles. The SMILES string of the molecule is Cc1ccc(OC(C)C(=O)N[C@H](C(=O)O)C(C)C)cc1. The Balaban J connectivity index is 2.62. The van der Waals surface area contributed by atoms with Crippen LogP contribution in [-0.2, 0) is 9.59 Å². The second kappa shape index (κ2) is 6.93. The zero-order valence-electron chi connectivity index (χ0n) is 12.2. The van der Waals surface area contributed by atoms with E-state index in [2.05, 4.69) is 5.32 Å². The minimum atomic E-state index is -1.05. The third-order valence-electron chi connectivity index (χ3n) is 2.93. The van der Waals surface area contributed by atoms with E-state index in [1.54, 1.807) is 32.9 Å². The molecule has 5 heteroatoms. The van der Waals surface area contributed by atoms with E-state index < -0.39 is 24.0 Å². The largest absolute Gasteiger partial charge is 0.481 e. The summed E-state index contributed by atoms with van der Waals surface area (Å²) in [5.41, 5.74) is 1.10. The lowest BCUT2D eigenvalue weighted by Crippen LogP contribution is -2.48. The van der Waals surface area contributed by atoms with Crippen molar-refractivity contribution in [3.05, 3.63) is 29.8 Å². The van der Waals surface area contributed by atoms with Gasteiger partial charge in [-0.1, -0.05) is 31.5 Å². The van der Waals surface area contributed by atoms with Crippen molar-refractivity contribution in [1.29, 1.82) is 0 Å². The molecule has 1 rings (SSSR count). The van der Waals surface area contributed by atoms with Gasteiger partial charge in [-0.15, -0.1) is 0 Å². The van der Waals surface area contributed by atoms with Crippen LogP contribution < -0.4 is 10.1 Å². The van der Waals surface area contributed by atoms with Crippen LogP contribution in [0.2, 0.25) is 0 Å². The van der Waals surface area contributed by atoms with Gasteiger partial charge in [0.15, 0.2) is 6.10 Å². The van der Waals surface area contributed by atoms with E-state index in [1.165, 1.54) is 0 Å². The van der Waals surface area contributed by atoms with Crippen LogP contribution in [0.3, 0.4) is 0 Å². The molecule has 1 unspecified atom stereocenters. The number of hydrogen-bond acceptors (Lipinski definition) is 3. The first kappa shape index (κ1) is 16.0. The maximum absolute atomic E-state index is 11.9. The van der Waals surface area contributed by atoms with Crippen molar-refractivity contribution < 1.29 is 19.4 Å². The van der Waals surface area contributed by atoms with Gasteiger partial charge in [-0.2, -0.15) is 0 Å². The van der Waals surface area contributed by atoms with Gasteiger partial charge in [0, 0.05) is 0 Å². The molecule has 0 saturated carbocycles. The molecule has 2 atom stereocenters. The Morgan fingerprint density at radius 1 is 1.15 bits per heavy atom. The summed E-state index contributed by atoms with van der Waals surface area (Å²) >= 11 is 0. The number of carboxylic acid groups (broad SMARTS) is 1. The predicted molar refractivity (Wildman–Crippen MR) is 75.7 cm³/mol. The molecule has 0 saturated heterocycles. The third kappa shape index (κ3) is 4.57. The Labute approximate surface area is 118 Å². The molecule has 20 heavy (non-hydrogen) atoms. The van der Waals surface area contributed by atoms with Crippen molar-refractivity contribution in [2.75, 3.05) is 0 Å². The molecule has 0 bridgehead atoms. The number of rotatable bonds is 6. The number of amides is 1. The van der Waals surface area contributed by atoms with Gasteiger partial charge in [-0.25, -0.2) is 4.79 Å². The topological polar surface area (TPSA) is 75.6 Å². The molecular formula is C15H21NO4. The first-order chi connectivity index (χ1) is 9.31. The second-order valence-corrected chi connectivity index (χ2v) is 5.14. The molecule has 2 N–H and O–H groups in total. The highest BCUT2D eigenvalue weighted by Gasteiger charge is 2.26. The Kier molecular flexibility index (Phi) is 5.55. The Morgan fingerprint density at radius 2 is 1.70 bits per heavy atom. The van der Waals surface area contributed by atoms with Gasteiger partial charge in [0.1, 0.15) is 11.8 Å². The van der Waals surface area contributed by atoms with Crippen LogP contribution in [-0.4, -0.2) is 29.1 Å². The van der Waals surface area contributed by atoms with Crippen molar-refractivity contribution in [1.82, 2.24) is 5.32 Å². The van der Waals surface area contributed by atoms with Gasteiger partial charge < -0.3 is 15.2 Å². The number of benzene rings is 1. The molecule has 0 aliphatic rings. The number of hydrogen-bond donors (Lipinski definition) is 2. The third-order valence-corrected chi connectivity index (χ3v) is 2.93. The zero-order valence-corrected chi connectivity index (χ0v) is 12.2. The van der Waals surface area contributed by atoms with Gasteiger partial charge in [0.05, 0.1) is 0 Å². The molecule has 5 nitrogen and oxygen atoms in total. The van der Waals surface area contributed by atoms with E-state index in [1.807, 2.05) is 19.1 Å². The van der Waals surface area contributed by atoms with Gasteiger partial charge in [0.25, 0.3) is 5.91 Å². The minimum absolute atomic E-state index is 0.192. The molecule has 1 aromatic rings. The zero-order chi connectivity index (χ0) is 15.3. The average Bonchev–Trinajstić information content (AvgIpc) is 2.37. The van der Waals surface area contributed by atoms with Crippen LogP contribution in [0.15, 0.2) is 24.3 Å². The Bertz CT molecular complexity index is 467. The highest BCUT2D eigenvalue weighted by molar-refractivity contribution is 5.86. The second-order valence-electron chi connectivity index (χ2n) is 5.14. The number of carbonyl (C=O) groups excluding carboxylic acids is 1. The molecule has 110 valence electrons. The summed E-state index contributed by atoms with van der Waals surface area (Å²) in [7, 11) is 0. The minimum Gasteiger partial charge on any atom is -0.481 e. The summed E-state index contributed by atoms with van der Waals surface area (Å²) in [4.78, 5) is 23.0. The first-order valence-corrected chi connectivity index (χ1v) is 6.57. The lowest BCUT2D eigenvalue weighted by atomic mass is 10.0. The Hall–Kier alpha value is -2.04. The van der Waals surface area contributed by atoms with E-state index in [-0.39, 0.29) is 5.92 Å². The van der Waals surface area contributed by atoms with Crippen molar-refractivity contribution in [2.45, 2.75) is 39.8 Å². The Morgan fingerprint density at radius 3 is 2.15 bits per heavy atom. The first-order valence-electron chi connectivity index (χ1n) is 6.57. The summed E-state index contributed by atoms with van der Waals surface area (Å²) in [6.07, 6.45) is -0.752. The fourth-order valence-corrected chi connectivity index (χ4v) is 1.66. The lowest BCUT2D eigenvalue weighted by molar-refractivity contribution is -0.144. The van der Waals surface area contributed by atoms with E-state index >= 15 is 0 Å². The molecular weight excluding hydrogens is 258 g/mol. The van der Waals surface area contributed by atoms with Gasteiger partial charge in [-0.3, -0.25) is 4.79 Å². The molecule has 0 spiro atoms. The monoisotopic (exact) mass is 279 g/mol. The molecule has 0 radical (unpaired) electrons. The van der Waals surface area contributed by atoms with E-state index in [0.29, 0.717) is 5.75 Å². The molecule has 0 aliphatic carbocycles. The number of aryl methyl sites for hydroxylation is 1. The smallest absolute Gasteiger partial charge is 0.326 e. The van der Waals surface area contributed by atoms with Crippen LogP contribution >= 0.6 is 0 Å². The number of aliphatic carboxylic acids is 1. The van der Waals surface area contributed by atoms with Crippen LogP contribution in [0.4, 0.5) is 0 Å². The lowest BCUT2D eigenvalue weighted by Gasteiger charge is -2.21. The van der Waals surface area contributed by atoms with Crippen LogP contribution in [0.25, 0.3) is 0 Å². The summed E-state index contributed by atoms with van der Waals surface area (Å²) in [5, 5.41) is 11.5. The molecule has 0 heterocycles. The fourth-order valence-electron chi connectivity index (χ4n) is 1.66. The van der Waals surface area contributed by atoms with Crippen molar-refractivity contribution in [3.8, 4) is 5.75 Å². The van der Waals surface area contributed by atoms with Crippen LogP contribution in [0, 0.1) is 12.8 Å².